The van der Waals surface area contributed by atoms with Gasteiger partial charge in [-0.3, -0.25) is 9.78 Å². The summed E-state index contributed by atoms with van der Waals surface area (Å²) in [6.07, 6.45) is 2.23. The van der Waals surface area contributed by atoms with E-state index in [2.05, 4.69) is 9.97 Å². The molecule has 3 rings (SSSR count). The molecule has 0 saturated heterocycles. The molecule has 0 amide bonds. The van der Waals surface area contributed by atoms with Gasteiger partial charge in [0.15, 0.2) is 0 Å². The summed E-state index contributed by atoms with van der Waals surface area (Å²) in [5.74, 6) is 1.17. The monoisotopic (exact) mass is 250 g/mol. The van der Waals surface area contributed by atoms with Crippen molar-refractivity contribution in [2.45, 2.75) is 18.8 Å². The van der Waals surface area contributed by atoms with E-state index in [0.29, 0.717) is 22.6 Å². The lowest BCUT2D eigenvalue weighted by Crippen LogP contribution is -2.10. The predicted molar refractivity (Wildman–Crippen MR) is 65.9 cm³/mol. The van der Waals surface area contributed by atoms with Crippen molar-refractivity contribution in [2.75, 3.05) is 7.11 Å². The van der Waals surface area contributed by atoms with Crippen molar-refractivity contribution in [3.05, 3.63) is 33.3 Å². The molecule has 1 aromatic carbocycles. The van der Waals surface area contributed by atoms with Gasteiger partial charge in [-0.2, -0.15) is 0 Å². The number of benzene rings is 1. The second kappa shape index (κ2) is 3.74. The highest BCUT2D eigenvalue weighted by atomic mass is 35.5. The molecule has 1 aliphatic rings. The summed E-state index contributed by atoms with van der Waals surface area (Å²) in [6.45, 7) is 0. The molecule has 17 heavy (non-hydrogen) atoms. The molecule has 1 aliphatic carbocycles. The van der Waals surface area contributed by atoms with Gasteiger partial charge in [0.2, 0.25) is 5.28 Å². The van der Waals surface area contributed by atoms with Crippen LogP contribution in [0, 0.1) is 0 Å². The van der Waals surface area contributed by atoms with Crippen LogP contribution in [-0.4, -0.2) is 17.1 Å². The number of rotatable bonds is 2. The number of ether oxygens (including phenoxy) is 1. The van der Waals surface area contributed by atoms with E-state index in [9.17, 15) is 4.79 Å². The highest BCUT2D eigenvalue weighted by Crippen LogP contribution is 2.43. The van der Waals surface area contributed by atoms with Crippen LogP contribution in [0.4, 0.5) is 0 Å². The molecule has 0 aliphatic heterocycles. The van der Waals surface area contributed by atoms with Crippen molar-refractivity contribution < 1.29 is 4.74 Å². The van der Waals surface area contributed by atoms with Crippen LogP contribution < -0.4 is 10.3 Å². The Morgan fingerprint density at radius 3 is 2.88 bits per heavy atom. The topological polar surface area (TPSA) is 55.0 Å². The number of hydrogen-bond donors (Lipinski definition) is 1. The molecule has 1 saturated carbocycles. The van der Waals surface area contributed by atoms with Gasteiger partial charge < -0.3 is 4.74 Å². The van der Waals surface area contributed by atoms with Gasteiger partial charge in [-0.15, -0.1) is 0 Å². The van der Waals surface area contributed by atoms with Gasteiger partial charge in [-0.25, -0.2) is 4.98 Å². The maximum Gasteiger partial charge on any atom is 0.259 e. The highest BCUT2D eigenvalue weighted by molar-refractivity contribution is 6.28. The van der Waals surface area contributed by atoms with Gasteiger partial charge in [0, 0.05) is 6.07 Å². The minimum absolute atomic E-state index is 0.109. The maximum absolute atomic E-state index is 11.9. The molecule has 1 fully saturated rings. The Hall–Kier alpha value is -1.55. The molecular formula is C12H11ClN2O2. The first-order chi connectivity index (χ1) is 8.19. The fourth-order valence-corrected chi connectivity index (χ4v) is 2.26. The van der Waals surface area contributed by atoms with Crippen LogP contribution in [0.25, 0.3) is 10.9 Å². The molecule has 88 valence electrons. The van der Waals surface area contributed by atoms with Crippen LogP contribution >= 0.6 is 11.6 Å². The number of halogens is 1. The Balaban J connectivity index is 2.39. The summed E-state index contributed by atoms with van der Waals surface area (Å²) in [4.78, 5) is 18.6. The third kappa shape index (κ3) is 1.78. The van der Waals surface area contributed by atoms with E-state index in [1.54, 1.807) is 13.2 Å². The second-order valence-electron chi connectivity index (χ2n) is 4.24. The first-order valence-corrected chi connectivity index (χ1v) is 5.84. The second-order valence-corrected chi connectivity index (χ2v) is 4.60. The number of methoxy groups -OCH3 is 1. The largest absolute Gasteiger partial charge is 0.497 e. The van der Waals surface area contributed by atoms with Crippen LogP contribution in [-0.2, 0) is 0 Å². The van der Waals surface area contributed by atoms with Gasteiger partial charge in [-0.1, -0.05) is 0 Å². The summed E-state index contributed by atoms with van der Waals surface area (Å²) < 4.78 is 5.23. The average molecular weight is 251 g/mol. The van der Waals surface area contributed by atoms with E-state index in [4.69, 9.17) is 16.3 Å². The summed E-state index contributed by atoms with van der Waals surface area (Å²) in [5.41, 5.74) is 1.44. The molecule has 5 heteroatoms. The Morgan fingerprint density at radius 2 is 2.24 bits per heavy atom. The molecule has 0 atom stereocenters. The van der Waals surface area contributed by atoms with Crippen molar-refractivity contribution in [3.8, 4) is 5.75 Å². The number of aromatic nitrogens is 2. The molecular weight excluding hydrogens is 240 g/mol. The number of aromatic amines is 1. The normalized spacial score (nSPS) is 15.2. The van der Waals surface area contributed by atoms with Crippen LogP contribution in [0.15, 0.2) is 16.9 Å². The van der Waals surface area contributed by atoms with E-state index < -0.39 is 0 Å². The lowest BCUT2D eigenvalue weighted by atomic mass is 10.0. The maximum atomic E-state index is 11.9. The van der Waals surface area contributed by atoms with Crippen LogP contribution in [0.3, 0.4) is 0 Å². The van der Waals surface area contributed by atoms with E-state index in [1.165, 1.54) is 0 Å². The molecule has 0 spiro atoms. The van der Waals surface area contributed by atoms with Crippen molar-refractivity contribution in [1.82, 2.24) is 9.97 Å². The van der Waals surface area contributed by atoms with Gasteiger partial charge in [0.1, 0.15) is 5.75 Å². The number of nitrogens with zero attached hydrogens (tertiary/aromatic N) is 1. The molecule has 1 heterocycles. The molecule has 0 radical (unpaired) electrons. The Bertz CT molecular complexity index is 647. The van der Waals surface area contributed by atoms with E-state index in [-0.39, 0.29) is 10.8 Å². The average Bonchev–Trinajstić information content (AvgIpc) is 3.10. The first-order valence-electron chi connectivity index (χ1n) is 5.46. The Morgan fingerprint density at radius 1 is 1.47 bits per heavy atom. The van der Waals surface area contributed by atoms with Gasteiger partial charge in [0.05, 0.1) is 18.0 Å². The van der Waals surface area contributed by atoms with Gasteiger partial charge in [-0.05, 0) is 42.0 Å². The summed E-state index contributed by atoms with van der Waals surface area (Å²) >= 11 is 5.76. The SMILES string of the molecule is COc1cc(C2CC2)c2c(=O)[nH]c(Cl)nc2c1. The molecule has 2 aromatic rings. The third-order valence-corrected chi connectivity index (χ3v) is 3.22. The lowest BCUT2D eigenvalue weighted by Gasteiger charge is -2.07. The van der Waals surface area contributed by atoms with Gasteiger partial charge in [0.25, 0.3) is 5.56 Å². The van der Waals surface area contributed by atoms with E-state index >= 15 is 0 Å². The van der Waals surface area contributed by atoms with Crippen molar-refractivity contribution >= 4 is 22.5 Å². The Kier molecular flexibility index (Phi) is 2.33. The number of hydrogen-bond acceptors (Lipinski definition) is 3. The van der Waals surface area contributed by atoms with Crippen LogP contribution in [0.5, 0.6) is 5.75 Å². The number of fused-ring (bicyclic) bond motifs is 1. The van der Waals surface area contributed by atoms with Gasteiger partial charge >= 0.3 is 0 Å². The number of nitrogens with one attached hydrogen (secondary N) is 1. The zero-order valence-corrected chi connectivity index (χ0v) is 10.0. The zero-order chi connectivity index (χ0) is 12.0. The Labute approximate surface area is 103 Å². The van der Waals surface area contributed by atoms with E-state index in [0.717, 1.165) is 18.4 Å². The van der Waals surface area contributed by atoms with Crippen molar-refractivity contribution in [2.24, 2.45) is 0 Å². The summed E-state index contributed by atoms with van der Waals surface area (Å²) in [6, 6.07) is 3.66. The highest BCUT2D eigenvalue weighted by Gasteiger charge is 2.27. The molecule has 0 bridgehead atoms. The molecule has 1 aromatic heterocycles. The van der Waals surface area contributed by atoms with E-state index in [1.807, 2.05) is 6.07 Å². The van der Waals surface area contributed by atoms with Crippen LogP contribution in [0.2, 0.25) is 5.28 Å². The minimum atomic E-state index is -0.176. The lowest BCUT2D eigenvalue weighted by molar-refractivity contribution is 0.415. The molecule has 0 unspecified atom stereocenters. The van der Waals surface area contributed by atoms with Crippen LogP contribution in [0.1, 0.15) is 24.3 Å². The predicted octanol–water partition coefficient (Wildman–Crippen LogP) is 2.46. The first kappa shape index (κ1) is 10.6. The number of H-pyrrole nitrogens is 1. The smallest absolute Gasteiger partial charge is 0.259 e. The van der Waals surface area contributed by atoms with Crippen molar-refractivity contribution in [3.63, 3.8) is 0 Å². The summed E-state index contributed by atoms with van der Waals surface area (Å²) in [7, 11) is 1.60. The summed E-state index contributed by atoms with van der Waals surface area (Å²) in [5, 5.41) is 0.746. The molecule has 4 nitrogen and oxygen atoms in total. The minimum Gasteiger partial charge on any atom is -0.497 e. The zero-order valence-electron chi connectivity index (χ0n) is 9.29. The standard InChI is InChI=1S/C12H11ClN2O2/c1-17-7-4-8(6-2-3-6)10-9(5-7)14-12(13)15-11(10)16/h4-6H,2-3H2,1H3,(H,14,15,16). The fourth-order valence-electron chi connectivity index (χ4n) is 2.08. The third-order valence-electron chi connectivity index (χ3n) is 3.04. The fraction of sp³-hybridized carbons (Fsp3) is 0.333. The quantitative estimate of drug-likeness (QED) is 0.833. The van der Waals surface area contributed by atoms with Crippen molar-refractivity contribution in [1.29, 1.82) is 0 Å². The molecule has 1 N–H and O–H groups in total.